The van der Waals surface area contributed by atoms with Crippen molar-refractivity contribution in [1.82, 2.24) is 9.97 Å². The zero-order valence-electron chi connectivity index (χ0n) is 13.0. The van der Waals surface area contributed by atoms with E-state index < -0.39 is 0 Å². The van der Waals surface area contributed by atoms with Gasteiger partial charge in [-0.1, -0.05) is 24.3 Å². The monoisotopic (exact) mass is 319 g/mol. The molecular weight excluding hydrogens is 302 g/mol. The van der Waals surface area contributed by atoms with Crippen molar-refractivity contribution in [2.45, 2.75) is 12.8 Å². The first-order valence-corrected chi connectivity index (χ1v) is 7.60. The van der Waals surface area contributed by atoms with E-state index in [1.807, 2.05) is 24.3 Å². The Morgan fingerprint density at radius 1 is 1.08 bits per heavy atom. The average molecular weight is 319 g/mol. The standard InChI is InChI=1S/C19H17N3O2/c20-19(24)7-5-14-10-15(18-12-21-8-9-22-18)4-6-17(14)13-2-1-3-16(23)11-13/h1-4,6,8-12,23H,5,7H2,(H2,20,24). The first kappa shape index (κ1) is 15.7. The number of aryl methyl sites for hydroxylation is 1. The fraction of sp³-hybridized carbons (Fsp3) is 0.105. The maximum atomic E-state index is 11.2. The van der Waals surface area contributed by atoms with Crippen molar-refractivity contribution in [3.8, 4) is 28.1 Å². The molecule has 24 heavy (non-hydrogen) atoms. The highest BCUT2D eigenvalue weighted by Crippen LogP contribution is 2.30. The second kappa shape index (κ2) is 6.91. The van der Waals surface area contributed by atoms with Crippen molar-refractivity contribution in [1.29, 1.82) is 0 Å². The molecular formula is C19H17N3O2. The van der Waals surface area contributed by atoms with Crippen LogP contribution in [0.5, 0.6) is 5.75 Å². The largest absolute Gasteiger partial charge is 0.508 e. The Morgan fingerprint density at radius 3 is 2.67 bits per heavy atom. The number of benzene rings is 2. The van der Waals surface area contributed by atoms with Crippen molar-refractivity contribution in [3.05, 3.63) is 66.6 Å². The number of aromatic hydroxyl groups is 1. The molecule has 5 heteroatoms. The van der Waals surface area contributed by atoms with Crippen LogP contribution in [-0.2, 0) is 11.2 Å². The Kier molecular flexibility index (Phi) is 4.52. The van der Waals surface area contributed by atoms with Crippen LogP contribution in [0.4, 0.5) is 0 Å². The number of phenolic OH excluding ortho intramolecular Hbond substituents is 1. The van der Waals surface area contributed by atoms with Crippen LogP contribution >= 0.6 is 0 Å². The minimum atomic E-state index is -0.346. The highest BCUT2D eigenvalue weighted by Gasteiger charge is 2.10. The molecule has 0 saturated carbocycles. The lowest BCUT2D eigenvalue weighted by Gasteiger charge is -2.12. The summed E-state index contributed by atoms with van der Waals surface area (Å²) in [7, 11) is 0. The second-order valence-electron chi connectivity index (χ2n) is 5.48. The SMILES string of the molecule is NC(=O)CCc1cc(-c2cnccn2)ccc1-c1cccc(O)c1. The van der Waals surface area contributed by atoms with E-state index in [0.717, 1.165) is 27.9 Å². The molecule has 0 aliphatic rings. The zero-order chi connectivity index (χ0) is 16.9. The molecule has 0 unspecified atom stereocenters. The van der Waals surface area contributed by atoms with E-state index in [1.54, 1.807) is 36.8 Å². The van der Waals surface area contributed by atoms with Gasteiger partial charge in [0.15, 0.2) is 0 Å². The Morgan fingerprint density at radius 2 is 1.96 bits per heavy atom. The van der Waals surface area contributed by atoms with E-state index in [-0.39, 0.29) is 18.1 Å². The molecule has 1 aromatic heterocycles. The Bertz CT molecular complexity index is 863. The number of hydrogen-bond acceptors (Lipinski definition) is 4. The van der Waals surface area contributed by atoms with Crippen LogP contribution in [0.15, 0.2) is 61.1 Å². The molecule has 0 spiro atoms. The highest BCUT2D eigenvalue weighted by atomic mass is 16.3. The van der Waals surface area contributed by atoms with Crippen LogP contribution in [0, 0.1) is 0 Å². The van der Waals surface area contributed by atoms with Crippen LogP contribution < -0.4 is 5.73 Å². The molecule has 120 valence electrons. The van der Waals surface area contributed by atoms with Crippen molar-refractivity contribution in [2.75, 3.05) is 0 Å². The van der Waals surface area contributed by atoms with Gasteiger partial charge in [0, 0.05) is 24.4 Å². The fourth-order valence-corrected chi connectivity index (χ4v) is 2.62. The molecule has 1 amide bonds. The average Bonchev–Trinajstić information content (AvgIpc) is 2.60. The van der Waals surface area contributed by atoms with Gasteiger partial charge in [0.1, 0.15) is 5.75 Å². The molecule has 0 bridgehead atoms. The molecule has 0 aliphatic carbocycles. The third-order valence-corrected chi connectivity index (χ3v) is 3.76. The zero-order valence-corrected chi connectivity index (χ0v) is 13.0. The molecule has 0 fully saturated rings. The van der Waals surface area contributed by atoms with E-state index in [2.05, 4.69) is 9.97 Å². The summed E-state index contributed by atoms with van der Waals surface area (Å²) in [5, 5.41) is 9.72. The van der Waals surface area contributed by atoms with Gasteiger partial charge in [-0.2, -0.15) is 0 Å². The Labute approximate surface area is 139 Å². The van der Waals surface area contributed by atoms with Gasteiger partial charge < -0.3 is 10.8 Å². The van der Waals surface area contributed by atoms with Crippen LogP contribution in [-0.4, -0.2) is 21.0 Å². The van der Waals surface area contributed by atoms with Crippen LogP contribution in [0.2, 0.25) is 0 Å². The Hall–Kier alpha value is -3.21. The molecule has 0 aliphatic heterocycles. The van der Waals surface area contributed by atoms with Crippen molar-refractivity contribution in [2.24, 2.45) is 5.73 Å². The van der Waals surface area contributed by atoms with Gasteiger partial charge >= 0.3 is 0 Å². The summed E-state index contributed by atoms with van der Waals surface area (Å²) in [5.41, 5.74) is 9.81. The van der Waals surface area contributed by atoms with E-state index >= 15 is 0 Å². The van der Waals surface area contributed by atoms with Crippen LogP contribution in [0.3, 0.4) is 0 Å². The van der Waals surface area contributed by atoms with Gasteiger partial charge in [-0.3, -0.25) is 14.8 Å². The molecule has 2 aromatic carbocycles. The molecule has 0 radical (unpaired) electrons. The van der Waals surface area contributed by atoms with E-state index in [1.165, 1.54) is 0 Å². The summed E-state index contributed by atoms with van der Waals surface area (Å²) in [4.78, 5) is 19.6. The van der Waals surface area contributed by atoms with E-state index in [9.17, 15) is 9.90 Å². The summed E-state index contributed by atoms with van der Waals surface area (Å²) in [6.45, 7) is 0. The normalized spacial score (nSPS) is 10.5. The van der Waals surface area contributed by atoms with Gasteiger partial charge in [-0.25, -0.2) is 0 Å². The first-order valence-electron chi connectivity index (χ1n) is 7.60. The molecule has 3 N–H and O–H groups in total. The maximum Gasteiger partial charge on any atom is 0.217 e. The van der Waals surface area contributed by atoms with Gasteiger partial charge in [0.2, 0.25) is 5.91 Å². The number of primary amides is 1. The number of rotatable bonds is 5. The molecule has 0 saturated heterocycles. The number of nitrogens with zero attached hydrogens (tertiary/aromatic N) is 2. The third-order valence-electron chi connectivity index (χ3n) is 3.76. The van der Waals surface area contributed by atoms with E-state index in [4.69, 9.17) is 5.73 Å². The number of hydrogen-bond donors (Lipinski definition) is 2. The topological polar surface area (TPSA) is 89.1 Å². The summed E-state index contributed by atoms with van der Waals surface area (Å²) in [5.74, 6) is -0.145. The second-order valence-corrected chi connectivity index (χ2v) is 5.48. The number of aromatic nitrogens is 2. The maximum absolute atomic E-state index is 11.2. The predicted octanol–water partition coefficient (Wildman–Crippen LogP) is 2.93. The molecule has 3 rings (SSSR count). The number of amides is 1. The lowest BCUT2D eigenvalue weighted by Crippen LogP contribution is -2.11. The van der Waals surface area contributed by atoms with Crippen molar-refractivity contribution in [3.63, 3.8) is 0 Å². The Balaban J connectivity index is 2.06. The predicted molar refractivity (Wildman–Crippen MR) is 92.1 cm³/mol. The van der Waals surface area contributed by atoms with Gasteiger partial charge in [0.25, 0.3) is 0 Å². The number of carbonyl (C=O) groups excluding carboxylic acids is 1. The lowest BCUT2D eigenvalue weighted by atomic mass is 9.93. The number of nitrogens with two attached hydrogens (primary N) is 1. The van der Waals surface area contributed by atoms with Gasteiger partial charge in [-0.15, -0.1) is 0 Å². The molecule has 1 heterocycles. The summed E-state index contributed by atoms with van der Waals surface area (Å²) < 4.78 is 0. The van der Waals surface area contributed by atoms with Crippen molar-refractivity contribution < 1.29 is 9.90 Å². The quantitative estimate of drug-likeness (QED) is 0.756. The van der Waals surface area contributed by atoms with Crippen LogP contribution in [0.1, 0.15) is 12.0 Å². The smallest absolute Gasteiger partial charge is 0.217 e. The van der Waals surface area contributed by atoms with Gasteiger partial charge in [-0.05, 0) is 41.3 Å². The molecule has 5 nitrogen and oxygen atoms in total. The first-order chi connectivity index (χ1) is 11.6. The highest BCUT2D eigenvalue weighted by molar-refractivity contribution is 5.76. The number of phenols is 1. The minimum absolute atomic E-state index is 0.200. The fourth-order valence-electron chi connectivity index (χ4n) is 2.62. The third kappa shape index (κ3) is 3.57. The van der Waals surface area contributed by atoms with Crippen LogP contribution in [0.25, 0.3) is 22.4 Å². The molecule has 0 atom stereocenters. The van der Waals surface area contributed by atoms with Gasteiger partial charge in [0.05, 0.1) is 11.9 Å². The summed E-state index contributed by atoms with van der Waals surface area (Å²) in [6.07, 6.45) is 5.74. The lowest BCUT2D eigenvalue weighted by molar-refractivity contribution is -0.117. The molecule has 3 aromatic rings. The summed E-state index contributed by atoms with van der Waals surface area (Å²) in [6, 6.07) is 13.0. The summed E-state index contributed by atoms with van der Waals surface area (Å²) >= 11 is 0. The minimum Gasteiger partial charge on any atom is -0.508 e. The number of carbonyl (C=O) groups is 1. The van der Waals surface area contributed by atoms with Crippen molar-refractivity contribution >= 4 is 5.91 Å². The van der Waals surface area contributed by atoms with E-state index in [0.29, 0.717) is 6.42 Å².